The molecule has 0 aromatic carbocycles. The van der Waals surface area contributed by atoms with Crippen molar-refractivity contribution in [2.24, 2.45) is 0 Å². The highest BCUT2D eigenvalue weighted by molar-refractivity contribution is 7.17. The smallest absolute Gasteiger partial charge is 0.00421 e. The maximum Gasteiger partial charge on any atom is -0.00421 e. The van der Waals surface area contributed by atoms with Gasteiger partial charge in [0.05, 0.1) is 0 Å². The normalized spacial score (nSPS) is 20.7. The van der Waals surface area contributed by atoms with Crippen LogP contribution in [-0.2, 0) is 0 Å². The summed E-state index contributed by atoms with van der Waals surface area (Å²) < 4.78 is 0. The van der Waals surface area contributed by atoms with Gasteiger partial charge in [0, 0.05) is 0 Å². The van der Waals surface area contributed by atoms with E-state index in [-0.39, 0.29) is 0 Å². The van der Waals surface area contributed by atoms with E-state index < -0.39 is 0 Å². The van der Waals surface area contributed by atoms with Gasteiger partial charge in [0.2, 0.25) is 0 Å². The molecule has 0 saturated carbocycles. The van der Waals surface area contributed by atoms with Gasteiger partial charge in [-0.1, -0.05) is 69.2 Å². The third-order valence-corrected chi connectivity index (χ3v) is 4.34. The quantitative estimate of drug-likeness (QED) is 0.370. The first-order valence-corrected chi connectivity index (χ1v) is 9.00. The molecular weight excluding hydrogens is 271 g/mol. The van der Waals surface area contributed by atoms with E-state index in [1.54, 1.807) is 0 Å². The van der Waals surface area contributed by atoms with Crippen LogP contribution in [0.15, 0.2) is 58.7 Å². The SMILES string of the molecule is CC\C=C/C(/C=C(\CCC)C1=CC(P)CC=C1)=C(/C)CC. The molecule has 1 rings (SSSR count). The molecule has 0 heterocycles. The molecule has 2 unspecified atom stereocenters. The van der Waals surface area contributed by atoms with E-state index in [0.717, 1.165) is 25.7 Å². The van der Waals surface area contributed by atoms with E-state index in [4.69, 9.17) is 0 Å². The molecule has 0 aromatic heterocycles. The third-order valence-electron chi connectivity index (χ3n) is 3.88. The Kier molecular flexibility index (Phi) is 8.62. The minimum Gasteiger partial charge on any atom is -0.130 e. The maximum absolute atomic E-state index is 2.93. The van der Waals surface area contributed by atoms with Crippen molar-refractivity contribution in [3.8, 4) is 0 Å². The van der Waals surface area contributed by atoms with Crippen molar-refractivity contribution in [2.75, 3.05) is 0 Å². The molecule has 1 aliphatic carbocycles. The highest BCUT2D eigenvalue weighted by Crippen LogP contribution is 2.27. The molecule has 116 valence electrons. The summed E-state index contributed by atoms with van der Waals surface area (Å²) in [5.74, 6) is 0. The second kappa shape index (κ2) is 9.96. The van der Waals surface area contributed by atoms with Crippen molar-refractivity contribution in [1.82, 2.24) is 0 Å². The molecule has 0 aliphatic heterocycles. The van der Waals surface area contributed by atoms with Crippen LogP contribution in [0.5, 0.6) is 0 Å². The molecule has 0 saturated heterocycles. The van der Waals surface area contributed by atoms with Crippen LogP contribution in [0, 0.1) is 0 Å². The molecule has 0 radical (unpaired) electrons. The van der Waals surface area contributed by atoms with Gasteiger partial charge < -0.3 is 0 Å². The standard InChI is InChI=1S/C20H31P/c1-5-8-11-17(16(4)7-3)14-18(10-6-2)19-12-9-13-20(21)15-19/h8-9,11-12,14-15,20H,5-7,10,13,21H2,1-4H3/b11-8-,17-16+,18-14+. The second-order valence-corrected chi connectivity index (χ2v) is 6.60. The summed E-state index contributed by atoms with van der Waals surface area (Å²) in [4.78, 5) is 0. The van der Waals surface area contributed by atoms with Gasteiger partial charge in [0.1, 0.15) is 0 Å². The molecule has 0 amide bonds. The minimum absolute atomic E-state index is 0.580. The summed E-state index contributed by atoms with van der Waals surface area (Å²) in [7, 11) is 2.93. The van der Waals surface area contributed by atoms with Gasteiger partial charge in [-0.25, -0.2) is 0 Å². The monoisotopic (exact) mass is 302 g/mol. The van der Waals surface area contributed by atoms with Crippen LogP contribution in [0.3, 0.4) is 0 Å². The minimum atomic E-state index is 0.580. The van der Waals surface area contributed by atoms with E-state index in [2.05, 4.69) is 73.4 Å². The molecule has 21 heavy (non-hydrogen) atoms. The van der Waals surface area contributed by atoms with Crippen molar-refractivity contribution >= 4 is 9.24 Å². The average Bonchev–Trinajstić information content (AvgIpc) is 2.49. The zero-order chi connectivity index (χ0) is 15.7. The lowest BCUT2D eigenvalue weighted by Gasteiger charge is -2.16. The Morgan fingerprint density at radius 2 is 2.10 bits per heavy atom. The van der Waals surface area contributed by atoms with Gasteiger partial charge in [0.25, 0.3) is 0 Å². The van der Waals surface area contributed by atoms with Crippen LogP contribution in [0.1, 0.15) is 59.8 Å². The van der Waals surface area contributed by atoms with Gasteiger partial charge >= 0.3 is 0 Å². The zero-order valence-corrected chi connectivity index (χ0v) is 15.3. The van der Waals surface area contributed by atoms with Gasteiger partial charge in [-0.15, -0.1) is 9.24 Å². The van der Waals surface area contributed by atoms with Crippen LogP contribution in [0.4, 0.5) is 0 Å². The summed E-state index contributed by atoms with van der Waals surface area (Å²) in [6.07, 6.45) is 19.6. The van der Waals surface area contributed by atoms with Crippen molar-refractivity contribution in [1.29, 1.82) is 0 Å². The topological polar surface area (TPSA) is 0 Å². The first-order chi connectivity index (χ1) is 10.1. The van der Waals surface area contributed by atoms with E-state index >= 15 is 0 Å². The first-order valence-electron chi connectivity index (χ1n) is 8.33. The van der Waals surface area contributed by atoms with Crippen molar-refractivity contribution in [2.45, 2.75) is 65.5 Å². The lowest BCUT2D eigenvalue weighted by Crippen LogP contribution is -2.00. The molecule has 0 aromatic rings. The number of rotatable bonds is 7. The lowest BCUT2D eigenvalue weighted by atomic mass is 9.93. The fourth-order valence-electron chi connectivity index (χ4n) is 2.44. The number of hydrogen-bond donors (Lipinski definition) is 0. The van der Waals surface area contributed by atoms with Crippen molar-refractivity contribution in [3.05, 3.63) is 58.7 Å². The third kappa shape index (κ3) is 6.18. The largest absolute Gasteiger partial charge is 0.130 e. The van der Waals surface area contributed by atoms with Crippen LogP contribution in [0.2, 0.25) is 0 Å². The van der Waals surface area contributed by atoms with Gasteiger partial charge in [0.15, 0.2) is 0 Å². The number of hydrogen-bond acceptors (Lipinski definition) is 0. The Hall–Kier alpha value is -0.870. The Labute approximate surface area is 134 Å². The van der Waals surface area contributed by atoms with Crippen LogP contribution in [0.25, 0.3) is 0 Å². The van der Waals surface area contributed by atoms with E-state index in [9.17, 15) is 0 Å². The second-order valence-electron chi connectivity index (χ2n) is 5.74. The molecule has 0 spiro atoms. The van der Waals surface area contributed by atoms with Gasteiger partial charge in [-0.05, 0) is 55.0 Å². The van der Waals surface area contributed by atoms with E-state index in [1.165, 1.54) is 28.7 Å². The molecule has 1 aliphatic rings. The van der Waals surface area contributed by atoms with Gasteiger partial charge in [-0.3, -0.25) is 0 Å². The summed E-state index contributed by atoms with van der Waals surface area (Å²) >= 11 is 0. The maximum atomic E-state index is 2.93. The Balaban J connectivity index is 3.17. The fraction of sp³-hybridized carbons (Fsp3) is 0.500. The van der Waals surface area contributed by atoms with E-state index in [0.29, 0.717) is 5.66 Å². The van der Waals surface area contributed by atoms with Gasteiger partial charge in [-0.2, -0.15) is 0 Å². The highest BCUT2D eigenvalue weighted by Gasteiger charge is 2.09. The summed E-state index contributed by atoms with van der Waals surface area (Å²) in [5.41, 5.74) is 6.33. The van der Waals surface area contributed by atoms with Crippen molar-refractivity contribution in [3.63, 3.8) is 0 Å². The van der Waals surface area contributed by atoms with Crippen LogP contribution < -0.4 is 0 Å². The molecule has 0 N–H and O–H groups in total. The molecule has 0 nitrogen and oxygen atoms in total. The first kappa shape index (κ1) is 18.2. The molecule has 0 fully saturated rings. The average molecular weight is 302 g/mol. The molecule has 2 atom stereocenters. The van der Waals surface area contributed by atoms with Crippen molar-refractivity contribution < 1.29 is 0 Å². The van der Waals surface area contributed by atoms with E-state index in [1.807, 2.05) is 0 Å². The fourth-order valence-corrected chi connectivity index (χ4v) is 2.80. The predicted octanol–water partition coefficient (Wildman–Crippen LogP) is 6.54. The lowest BCUT2D eigenvalue weighted by molar-refractivity contribution is 0.907. The summed E-state index contributed by atoms with van der Waals surface area (Å²) in [6.45, 7) is 8.94. The van der Waals surface area contributed by atoms with Crippen LogP contribution in [-0.4, -0.2) is 5.66 Å². The predicted molar refractivity (Wildman–Crippen MR) is 101 cm³/mol. The molecular formula is C20H31P. The highest BCUT2D eigenvalue weighted by atomic mass is 31.0. The van der Waals surface area contributed by atoms with Crippen LogP contribution >= 0.6 is 9.24 Å². The Bertz CT molecular complexity index is 472. The summed E-state index contributed by atoms with van der Waals surface area (Å²) in [6, 6.07) is 0. The Morgan fingerprint density at radius 3 is 2.67 bits per heavy atom. The Morgan fingerprint density at radius 1 is 1.33 bits per heavy atom. The number of allylic oxidation sites excluding steroid dienone is 10. The molecule has 0 bridgehead atoms. The zero-order valence-electron chi connectivity index (χ0n) is 14.2. The summed E-state index contributed by atoms with van der Waals surface area (Å²) in [5, 5.41) is 0. The molecule has 1 heteroatoms.